The summed E-state index contributed by atoms with van der Waals surface area (Å²) in [4.78, 5) is 33.7. The topological polar surface area (TPSA) is 105 Å². The lowest BCUT2D eigenvalue weighted by Crippen LogP contribution is -2.61. The fraction of sp³-hybridized carbons (Fsp3) is 0.312. The molecule has 7 rings (SSSR count). The summed E-state index contributed by atoms with van der Waals surface area (Å²) >= 11 is 18.6. The molecule has 3 aliphatic heterocycles. The summed E-state index contributed by atoms with van der Waals surface area (Å²) in [6, 6.07) is 19.4. The van der Waals surface area contributed by atoms with E-state index in [-0.39, 0.29) is 5.91 Å². The van der Waals surface area contributed by atoms with Gasteiger partial charge in [0.15, 0.2) is 0 Å². The number of rotatable bonds is 8. The first kappa shape index (κ1) is 30.8. The third-order valence-electron chi connectivity index (χ3n) is 8.01. The van der Waals surface area contributed by atoms with Gasteiger partial charge in [0.25, 0.3) is 5.91 Å². The highest BCUT2D eigenvalue weighted by Crippen LogP contribution is 2.43. The largest absolute Gasteiger partial charge is 0.476 e. The van der Waals surface area contributed by atoms with Crippen molar-refractivity contribution < 1.29 is 19.0 Å². The Morgan fingerprint density at radius 2 is 1.33 bits per heavy atom. The molecular weight excluding hydrogens is 653 g/mol. The van der Waals surface area contributed by atoms with E-state index in [0.29, 0.717) is 97.0 Å². The molecule has 3 aromatic carbocycles. The van der Waals surface area contributed by atoms with Gasteiger partial charge in [0.05, 0.1) is 31.5 Å². The molecule has 14 heteroatoms. The number of amides is 1. The molecule has 1 amide bonds. The highest BCUT2D eigenvalue weighted by molar-refractivity contribution is 6.35. The summed E-state index contributed by atoms with van der Waals surface area (Å²) < 4.78 is 17.2. The molecule has 1 N–H and O–H groups in total. The van der Waals surface area contributed by atoms with Gasteiger partial charge in [-0.15, -0.1) is 0 Å². The van der Waals surface area contributed by atoms with E-state index < -0.39 is 12.1 Å². The van der Waals surface area contributed by atoms with E-state index in [0.717, 1.165) is 11.3 Å². The molecule has 11 nitrogen and oxygen atoms in total. The number of hydrogen-bond acceptors (Lipinski definition) is 10. The van der Waals surface area contributed by atoms with E-state index in [2.05, 4.69) is 15.1 Å². The Labute approximate surface area is 280 Å². The molecule has 0 saturated carbocycles. The Morgan fingerprint density at radius 1 is 0.739 bits per heavy atom. The maximum absolute atomic E-state index is 13.6. The van der Waals surface area contributed by atoms with Crippen LogP contribution in [0.25, 0.3) is 0 Å². The minimum atomic E-state index is -0.792. The number of ether oxygens (including phenoxy) is 3. The van der Waals surface area contributed by atoms with Gasteiger partial charge >= 0.3 is 0 Å². The first-order chi connectivity index (χ1) is 22.4. The van der Waals surface area contributed by atoms with Gasteiger partial charge in [-0.1, -0.05) is 46.9 Å². The number of hydrogen-bond donors (Lipinski definition) is 1. The molecule has 3 aliphatic rings. The number of anilines is 5. The van der Waals surface area contributed by atoms with Gasteiger partial charge < -0.3 is 29.3 Å². The molecule has 46 heavy (non-hydrogen) atoms. The fourth-order valence-corrected chi connectivity index (χ4v) is 6.19. The summed E-state index contributed by atoms with van der Waals surface area (Å²) in [7, 11) is 0. The Hall–Kier alpha value is -3.87. The monoisotopic (exact) mass is 681 g/mol. The number of nitrogens with one attached hydrogen (secondary N) is 1. The minimum Gasteiger partial charge on any atom is -0.476 e. The number of β-lactam (4-membered cyclic amide) rings is 1. The number of halogens is 3. The highest BCUT2D eigenvalue weighted by Gasteiger charge is 2.51. The van der Waals surface area contributed by atoms with Crippen LogP contribution >= 0.6 is 34.8 Å². The number of carbonyl (C=O) groups is 1. The number of aromatic nitrogens is 3. The van der Waals surface area contributed by atoms with Crippen LogP contribution in [0.5, 0.6) is 5.75 Å². The molecule has 0 radical (unpaired) electrons. The molecule has 4 aromatic rings. The fourth-order valence-electron chi connectivity index (χ4n) is 5.61. The van der Waals surface area contributed by atoms with Crippen molar-refractivity contribution in [3.05, 3.63) is 87.4 Å². The van der Waals surface area contributed by atoms with Crippen LogP contribution in [0.15, 0.2) is 66.7 Å². The van der Waals surface area contributed by atoms with Gasteiger partial charge in [0.2, 0.25) is 23.9 Å². The van der Waals surface area contributed by atoms with E-state index in [4.69, 9.17) is 64.0 Å². The van der Waals surface area contributed by atoms with Crippen molar-refractivity contribution in [2.45, 2.75) is 12.1 Å². The van der Waals surface area contributed by atoms with Crippen LogP contribution in [0.4, 0.5) is 29.2 Å². The molecular formula is C32H30Cl3N7O4. The van der Waals surface area contributed by atoms with Crippen molar-refractivity contribution in [2.24, 2.45) is 0 Å². The zero-order valence-corrected chi connectivity index (χ0v) is 26.9. The molecule has 3 saturated heterocycles. The summed E-state index contributed by atoms with van der Waals surface area (Å²) in [6.45, 7) is 5.29. The van der Waals surface area contributed by atoms with Gasteiger partial charge in [-0.05, 0) is 60.2 Å². The Morgan fingerprint density at radius 3 is 1.91 bits per heavy atom. The summed E-state index contributed by atoms with van der Waals surface area (Å²) in [5.41, 5.74) is 2.33. The van der Waals surface area contributed by atoms with Crippen molar-refractivity contribution >= 4 is 69.9 Å². The van der Waals surface area contributed by atoms with Crippen molar-refractivity contribution in [2.75, 3.05) is 72.6 Å². The molecule has 0 spiro atoms. The van der Waals surface area contributed by atoms with Crippen molar-refractivity contribution in [3.8, 4) is 5.75 Å². The minimum absolute atomic E-state index is 0.200. The number of benzene rings is 3. The second-order valence-electron chi connectivity index (χ2n) is 10.9. The summed E-state index contributed by atoms with van der Waals surface area (Å²) in [6.07, 6.45) is -0.792. The van der Waals surface area contributed by atoms with Gasteiger partial charge in [-0.2, -0.15) is 15.0 Å². The standard InChI is InChI=1S/C32H30Cl3N7O4/c33-21-3-1-20(2-4-21)27-28(46-26-10-5-22(34)19-25(26)35)29(43)42(27)24-8-6-23(7-9-24)36-30-37-31(40-11-15-44-16-12-40)39-32(38-30)41-13-17-45-18-14-41/h1-10,19,27-28H,11-18H2,(H,36,37,38,39)/t27-,28+/m1/s1. The predicted molar refractivity (Wildman–Crippen MR) is 178 cm³/mol. The first-order valence-corrected chi connectivity index (χ1v) is 16.1. The van der Waals surface area contributed by atoms with Crippen LogP contribution in [0.1, 0.15) is 11.6 Å². The lowest BCUT2D eigenvalue weighted by molar-refractivity contribution is -0.135. The summed E-state index contributed by atoms with van der Waals surface area (Å²) in [5.74, 6) is 1.81. The normalized spacial score (nSPS) is 20.0. The molecule has 238 valence electrons. The van der Waals surface area contributed by atoms with Gasteiger partial charge in [-0.25, -0.2) is 0 Å². The Bertz CT molecular complexity index is 1670. The molecule has 2 atom stereocenters. The first-order valence-electron chi connectivity index (χ1n) is 14.9. The lowest BCUT2D eigenvalue weighted by Gasteiger charge is -2.46. The smallest absolute Gasteiger partial charge is 0.271 e. The molecule has 3 fully saturated rings. The van der Waals surface area contributed by atoms with Crippen LogP contribution in [0.2, 0.25) is 15.1 Å². The van der Waals surface area contributed by atoms with E-state index in [1.54, 1.807) is 35.2 Å². The Kier molecular flexibility index (Phi) is 9.01. The van der Waals surface area contributed by atoms with Crippen molar-refractivity contribution in [1.82, 2.24) is 15.0 Å². The van der Waals surface area contributed by atoms with Crippen LogP contribution in [-0.2, 0) is 14.3 Å². The number of morpholine rings is 2. The van der Waals surface area contributed by atoms with Gasteiger partial charge in [0.1, 0.15) is 11.8 Å². The Balaban J connectivity index is 1.13. The van der Waals surface area contributed by atoms with Crippen LogP contribution in [0.3, 0.4) is 0 Å². The molecule has 1 aromatic heterocycles. The van der Waals surface area contributed by atoms with Crippen LogP contribution in [-0.4, -0.2) is 79.6 Å². The van der Waals surface area contributed by atoms with Crippen LogP contribution < -0.4 is 24.8 Å². The van der Waals surface area contributed by atoms with Gasteiger partial charge in [-0.3, -0.25) is 9.69 Å². The second kappa shape index (κ2) is 13.5. The summed E-state index contributed by atoms with van der Waals surface area (Å²) in [5, 5.41) is 4.74. The van der Waals surface area contributed by atoms with Crippen LogP contribution in [0, 0.1) is 0 Å². The molecule has 4 heterocycles. The van der Waals surface area contributed by atoms with Gasteiger partial charge in [0, 0.05) is 47.6 Å². The maximum Gasteiger partial charge on any atom is 0.271 e. The third kappa shape index (κ3) is 6.51. The molecule has 0 bridgehead atoms. The van der Waals surface area contributed by atoms with Crippen molar-refractivity contribution in [3.63, 3.8) is 0 Å². The van der Waals surface area contributed by atoms with E-state index >= 15 is 0 Å². The molecule has 0 unspecified atom stereocenters. The van der Waals surface area contributed by atoms with E-state index in [9.17, 15) is 4.79 Å². The SMILES string of the molecule is O=C1[C@@H](Oc2ccc(Cl)cc2Cl)[C@@H](c2ccc(Cl)cc2)N1c1ccc(Nc2nc(N3CCOCC3)nc(N3CCOCC3)n2)cc1. The average Bonchev–Trinajstić information content (AvgIpc) is 3.08. The third-order valence-corrected chi connectivity index (χ3v) is 8.79. The zero-order valence-electron chi connectivity index (χ0n) is 24.6. The lowest BCUT2D eigenvalue weighted by atomic mass is 9.89. The second-order valence-corrected chi connectivity index (χ2v) is 12.2. The molecule has 0 aliphatic carbocycles. The quantitative estimate of drug-likeness (QED) is 0.230. The van der Waals surface area contributed by atoms with Crippen molar-refractivity contribution in [1.29, 1.82) is 0 Å². The number of nitrogens with zero attached hydrogens (tertiary/aromatic N) is 6. The maximum atomic E-state index is 13.6. The highest BCUT2D eigenvalue weighted by atomic mass is 35.5. The van der Waals surface area contributed by atoms with E-state index in [1.165, 1.54) is 0 Å². The zero-order chi connectivity index (χ0) is 31.6. The van der Waals surface area contributed by atoms with E-state index in [1.807, 2.05) is 36.4 Å². The predicted octanol–water partition coefficient (Wildman–Crippen LogP) is 5.78. The average molecular weight is 683 g/mol. The number of carbonyl (C=O) groups excluding carboxylic acids is 1.